The summed E-state index contributed by atoms with van der Waals surface area (Å²) < 4.78 is 38.2. The topological polar surface area (TPSA) is 101 Å². The molecular weight excluding hydrogens is 389 g/mol. The highest BCUT2D eigenvalue weighted by atomic mass is 31.2. The van der Waals surface area contributed by atoms with Gasteiger partial charge in [0.25, 0.3) is 0 Å². The predicted molar refractivity (Wildman–Crippen MR) is 105 cm³/mol. The number of nitrogens with zero attached hydrogens (tertiary/aromatic N) is 3. The summed E-state index contributed by atoms with van der Waals surface area (Å²) in [5.74, 6) is 0. The van der Waals surface area contributed by atoms with Crippen LogP contribution in [0, 0.1) is 0 Å². The van der Waals surface area contributed by atoms with Crippen LogP contribution >= 0.6 is 7.67 Å². The minimum Gasteiger partial charge on any atom is -0.447 e. The number of rotatable bonds is 13. The van der Waals surface area contributed by atoms with Crippen LogP contribution in [-0.4, -0.2) is 111 Å². The standard InChI is InChI=1S/C17H36N3O7P/c1-4-18(3)28(23,27-5-2)20-8-6-7-19(9-10-20)17(22)26-16-15-25-14-13-24-12-11-21/h21H,4-16H2,1-3H3. The van der Waals surface area contributed by atoms with E-state index in [4.69, 9.17) is 23.8 Å². The van der Waals surface area contributed by atoms with E-state index in [1.165, 1.54) is 0 Å². The van der Waals surface area contributed by atoms with Crippen molar-refractivity contribution in [2.24, 2.45) is 0 Å². The molecule has 1 N–H and O–H groups in total. The molecule has 1 rings (SSSR count). The van der Waals surface area contributed by atoms with Crippen LogP contribution in [0.25, 0.3) is 0 Å². The molecule has 0 radical (unpaired) electrons. The van der Waals surface area contributed by atoms with Gasteiger partial charge in [0.15, 0.2) is 0 Å². The van der Waals surface area contributed by atoms with E-state index in [2.05, 4.69) is 0 Å². The number of carbonyl (C=O) groups excluding carboxylic acids is 1. The third kappa shape index (κ3) is 8.32. The van der Waals surface area contributed by atoms with Crippen LogP contribution in [-0.2, 0) is 23.3 Å². The second-order valence-corrected chi connectivity index (χ2v) is 8.73. The first-order valence-electron chi connectivity index (χ1n) is 9.89. The van der Waals surface area contributed by atoms with Gasteiger partial charge in [0.2, 0.25) is 0 Å². The lowest BCUT2D eigenvalue weighted by Crippen LogP contribution is -2.37. The Bertz CT molecular complexity index is 484. The van der Waals surface area contributed by atoms with Crippen molar-refractivity contribution in [3.8, 4) is 0 Å². The highest BCUT2D eigenvalue weighted by molar-refractivity contribution is 7.53. The zero-order chi connectivity index (χ0) is 20.8. The molecule has 1 saturated heterocycles. The van der Waals surface area contributed by atoms with E-state index in [0.29, 0.717) is 59.0 Å². The van der Waals surface area contributed by atoms with E-state index in [1.54, 1.807) is 16.6 Å². The van der Waals surface area contributed by atoms with Crippen molar-refractivity contribution in [3.05, 3.63) is 0 Å². The Morgan fingerprint density at radius 2 is 1.71 bits per heavy atom. The Kier molecular flexibility index (Phi) is 12.9. The van der Waals surface area contributed by atoms with Crippen molar-refractivity contribution in [2.45, 2.75) is 20.3 Å². The molecule has 10 nitrogen and oxygen atoms in total. The molecule has 0 aromatic rings. The second-order valence-electron chi connectivity index (χ2n) is 6.24. The maximum atomic E-state index is 13.3. The molecule has 0 saturated carbocycles. The molecule has 1 aliphatic heterocycles. The third-order valence-corrected chi connectivity index (χ3v) is 7.19. The van der Waals surface area contributed by atoms with Gasteiger partial charge in [-0.3, -0.25) is 4.57 Å². The second kappa shape index (κ2) is 14.3. The summed E-state index contributed by atoms with van der Waals surface area (Å²) in [6.45, 7) is 8.30. The summed E-state index contributed by atoms with van der Waals surface area (Å²) in [4.78, 5) is 13.9. The first-order chi connectivity index (χ1) is 13.5. The van der Waals surface area contributed by atoms with Crippen LogP contribution < -0.4 is 0 Å². The number of hydrogen-bond acceptors (Lipinski definition) is 7. The number of aliphatic hydroxyl groups excluding tert-OH is 1. The van der Waals surface area contributed by atoms with Gasteiger partial charge >= 0.3 is 13.8 Å². The molecule has 1 atom stereocenters. The van der Waals surface area contributed by atoms with Crippen molar-refractivity contribution < 1.29 is 33.2 Å². The highest BCUT2D eigenvalue weighted by Crippen LogP contribution is 2.53. The number of aliphatic hydroxyl groups is 1. The van der Waals surface area contributed by atoms with Crippen molar-refractivity contribution in [1.29, 1.82) is 0 Å². The summed E-state index contributed by atoms with van der Waals surface area (Å²) in [5.41, 5.74) is 0. The molecule has 0 aromatic heterocycles. The van der Waals surface area contributed by atoms with Gasteiger partial charge < -0.3 is 28.7 Å². The van der Waals surface area contributed by atoms with Crippen LogP contribution in [0.4, 0.5) is 4.79 Å². The van der Waals surface area contributed by atoms with Gasteiger partial charge in [0.05, 0.1) is 39.6 Å². The minimum absolute atomic E-state index is 0.0143. The summed E-state index contributed by atoms with van der Waals surface area (Å²) >= 11 is 0. The normalized spacial score (nSPS) is 18.1. The summed E-state index contributed by atoms with van der Waals surface area (Å²) in [6.07, 6.45) is 0.305. The SMILES string of the molecule is CCOP(=O)(N(C)CC)N1CCCN(C(=O)OCCOCCOCCO)CC1. The molecule has 166 valence electrons. The van der Waals surface area contributed by atoms with Gasteiger partial charge in [-0.1, -0.05) is 6.92 Å². The molecule has 28 heavy (non-hydrogen) atoms. The molecule has 0 bridgehead atoms. The Hall–Kier alpha value is -0.740. The fourth-order valence-electron chi connectivity index (χ4n) is 2.75. The Balaban J connectivity index is 2.38. The van der Waals surface area contributed by atoms with E-state index < -0.39 is 13.8 Å². The lowest BCUT2D eigenvalue weighted by atomic mass is 10.4. The highest BCUT2D eigenvalue weighted by Gasteiger charge is 2.37. The van der Waals surface area contributed by atoms with E-state index in [9.17, 15) is 9.36 Å². The van der Waals surface area contributed by atoms with Crippen molar-refractivity contribution >= 4 is 13.8 Å². The van der Waals surface area contributed by atoms with Crippen LogP contribution in [0.5, 0.6) is 0 Å². The fraction of sp³-hybridized carbons (Fsp3) is 0.941. The molecule has 1 fully saturated rings. The van der Waals surface area contributed by atoms with E-state index in [0.717, 1.165) is 0 Å². The Morgan fingerprint density at radius 3 is 2.36 bits per heavy atom. The lowest BCUT2D eigenvalue weighted by Gasteiger charge is -2.35. The largest absolute Gasteiger partial charge is 0.447 e. The van der Waals surface area contributed by atoms with E-state index in [-0.39, 0.29) is 26.4 Å². The average Bonchev–Trinajstić information content (AvgIpc) is 2.96. The Morgan fingerprint density at radius 1 is 1.04 bits per heavy atom. The number of ether oxygens (including phenoxy) is 3. The molecule has 1 amide bonds. The first kappa shape index (κ1) is 25.3. The van der Waals surface area contributed by atoms with Gasteiger partial charge in [-0.25, -0.2) is 14.1 Å². The molecule has 1 heterocycles. The Labute approximate surface area is 168 Å². The lowest BCUT2D eigenvalue weighted by molar-refractivity contribution is 0.0144. The van der Waals surface area contributed by atoms with Crippen LogP contribution in [0.3, 0.4) is 0 Å². The van der Waals surface area contributed by atoms with Crippen molar-refractivity contribution in [1.82, 2.24) is 14.2 Å². The predicted octanol–water partition coefficient (Wildman–Crippen LogP) is 1.25. The number of amides is 1. The quantitative estimate of drug-likeness (QED) is 0.345. The van der Waals surface area contributed by atoms with Crippen LogP contribution in [0.1, 0.15) is 20.3 Å². The number of carbonyl (C=O) groups is 1. The molecule has 0 spiro atoms. The average molecular weight is 425 g/mol. The van der Waals surface area contributed by atoms with Gasteiger partial charge in [-0.15, -0.1) is 0 Å². The summed E-state index contributed by atoms with van der Waals surface area (Å²) in [6, 6.07) is 0. The molecule has 1 aliphatic rings. The van der Waals surface area contributed by atoms with E-state index >= 15 is 0 Å². The molecule has 11 heteroatoms. The maximum absolute atomic E-state index is 13.3. The maximum Gasteiger partial charge on any atom is 0.409 e. The fourth-order valence-corrected chi connectivity index (χ4v) is 4.97. The molecule has 1 unspecified atom stereocenters. The van der Waals surface area contributed by atoms with Crippen molar-refractivity contribution in [2.75, 3.05) is 86.0 Å². The first-order valence-corrected chi connectivity index (χ1v) is 11.4. The molecule has 0 aliphatic carbocycles. The van der Waals surface area contributed by atoms with E-state index in [1.807, 2.05) is 18.5 Å². The van der Waals surface area contributed by atoms with Crippen LogP contribution in [0.2, 0.25) is 0 Å². The van der Waals surface area contributed by atoms with Crippen LogP contribution in [0.15, 0.2) is 0 Å². The molecular formula is C17H36N3O7P. The summed E-state index contributed by atoms with van der Waals surface area (Å²) in [7, 11) is -1.28. The summed E-state index contributed by atoms with van der Waals surface area (Å²) in [5, 5.41) is 8.58. The zero-order valence-corrected chi connectivity index (χ0v) is 18.3. The number of hydrogen-bond donors (Lipinski definition) is 1. The minimum atomic E-state index is -3.07. The van der Waals surface area contributed by atoms with Gasteiger partial charge in [-0.2, -0.15) is 0 Å². The smallest absolute Gasteiger partial charge is 0.409 e. The van der Waals surface area contributed by atoms with Crippen molar-refractivity contribution in [3.63, 3.8) is 0 Å². The molecule has 0 aromatic carbocycles. The third-order valence-electron chi connectivity index (χ3n) is 4.34. The van der Waals surface area contributed by atoms with Gasteiger partial charge in [0, 0.05) is 32.7 Å². The van der Waals surface area contributed by atoms with Gasteiger partial charge in [-0.05, 0) is 20.4 Å². The monoisotopic (exact) mass is 425 g/mol. The van der Waals surface area contributed by atoms with Gasteiger partial charge in [0.1, 0.15) is 6.61 Å². The zero-order valence-electron chi connectivity index (χ0n) is 17.4.